The number of hydrogen-bond donors (Lipinski definition) is 2. The van der Waals surface area contributed by atoms with Crippen LogP contribution in [0.4, 0.5) is 0 Å². The van der Waals surface area contributed by atoms with Gasteiger partial charge in [0.15, 0.2) is 0 Å². The zero-order valence-corrected chi connectivity index (χ0v) is 12.6. The number of nitrogens with two attached hydrogens (primary N) is 1. The smallest absolute Gasteiger partial charge is 0.138 e. The monoisotopic (exact) mass is 277 g/mol. The first-order valence-corrected chi connectivity index (χ1v) is 6.91. The molecule has 0 aliphatic rings. The van der Waals surface area contributed by atoms with Gasteiger partial charge in [0.05, 0.1) is 11.7 Å². The van der Waals surface area contributed by atoms with Gasteiger partial charge in [0.25, 0.3) is 0 Å². The normalized spacial score (nSPS) is 12.8. The molecule has 2 rings (SSSR count). The highest BCUT2D eigenvalue weighted by molar-refractivity contribution is 5.28. The lowest BCUT2D eigenvalue weighted by Gasteiger charge is -2.16. The zero-order chi connectivity index (χ0) is 14.7. The van der Waals surface area contributed by atoms with Crippen LogP contribution in [0.15, 0.2) is 6.33 Å². The third-order valence-corrected chi connectivity index (χ3v) is 3.63. The van der Waals surface area contributed by atoms with E-state index in [1.807, 2.05) is 23.3 Å². The van der Waals surface area contributed by atoms with Crippen LogP contribution in [0.5, 0.6) is 0 Å². The molecule has 0 amide bonds. The van der Waals surface area contributed by atoms with Gasteiger partial charge in [-0.25, -0.2) is 4.98 Å². The lowest BCUT2D eigenvalue weighted by atomic mass is 10.0. The van der Waals surface area contributed by atoms with Gasteiger partial charge in [0, 0.05) is 31.3 Å². The number of hydrogen-bond acceptors (Lipinski definition) is 5. The number of nitrogens with zero attached hydrogens (tertiary/aromatic N) is 5. The molecule has 0 aliphatic carbocycles. The molecule has 0 aliphatic heterocycles. The summed E-state index contributed by atoms with van der Waals surface area (Å²) in [7, 11) is 1.94. The van der Waals surface area contributed by atoms with E-state index >= 15 is 0 Å². The van der Waals surface area contributed by atoms with Crippen LogP contribution in [-0.4, -0.2) is 24.5 Å². The van der Waals surface area contributed by atoms with Gasteiger partial charge in [0.2, 0.25) is 0 Å². The molecule has 0 aromatic carbocycles. The van der Waals surface area contributed by atoms with Crippen LogP contribution in [-0.2, 0) is 20.0 Å². The number of aromatic nitrogens is 5. The van der Waals surface area contributed by atoms with E-state index in [2.05, 4.69) is 34.5 Å². The van der Waals surface area contributed by atoms with Crippen LogP contribution in [0.3, 0.4) is 0 Å². The van der Waals surface area contributed by atoms with E-state index in [9.17, 15) is 0 Å². The average molecular weight is 277 g/mol. The van der Waals surface area contributed by atoms with Crippen LogP contribution in [0.1, 0.15) is 42.2 Å². The van der Waals surface area contributed by atoms with E-state index in [1.54, 1.807) is 6.33 Å². The van der Waals surface area contributed by atoms with Gasteiger partial charge in [-0.2, -0.15) is 10.2 Å². The van der Waals surface area contributed by atoms with E-state index in [4.69, 9.17) is 5.84 Å². The number of hydrazine groups is 1. The third kappa shape index (κ3) is 2.73. The molecule has 0 saturated carbocycles. The molecule has 1 unspecified atom stereocenters. The predicted molar refractivity (Wildman–Crippen MR) is 76.8 cm³/mol. The highest BCUT2D eigenvalue weighted by Crippen LogP contribution is 2.23. The third-order valence-electron chi connectivity index (χ3n) is 3.63. The summed E-state index contributed by atoms with van der Waals surface area (Å²) in [6.07, 6.45) is 3.33. The van der Waals surface area contributed by atoms with E-state index in [0.29, 0.717) is 6.42 Å². The van der Waals surface area contributed by atoms with Crippen LogP contribution in [0.2, 0.25) is 0 Å². The Labute approximate surface area is 119 Å². The Morgan fingerprint density at radius 2 is 2.15 bits per heavy atom. The van der Waals surface area contributed by atoms with Crippen molar-refractivity contribution in [3.63, 3.8) is 0 Å². The molecule has 7 heteroatoms. The first kappa shape index (κ1) is 14.7. The van der Waals surface area contributed by atoms with E-state index in [-0.39, 0.29) is 6.04 Å². The second-order valence-electron chi connectivity index (χ2n) is 5.03. The summed E-state index contributed by atoms with van der Waals surface area (Å²) < 4.78 is 3.82. The van der Waals surface area contributed by atoms with Crippen molar-refractivity contribution in [2.75, 3.05) is 0 Å². The summed E-state index contributed by atoms with van der Waals surface area (Å²) in [6, 6.07) is -0.0106. The molecule has 2 heterocycles. The van der Waals surface area contributed by atoms with Gasteiger partial charge in [-0.15, -0.1) is 0 Å². The van der Waals surface area contributed by atoms with Gasteiger partial charge in [-0.3, -0.25) is 20.6 Å². The number of rotatable bonds is 6. The zero-order valence-electron chi connectivity index (χ0n) is 12.6. The first-order chi connectivity index (χ1) is 9.58. The van der Waals surface area contributed by atoms with E-state index in [1.165, 1.54) is 0 Å². The fourth-order valence-corrected chi connectivity index (χ4v) is 2.57. The molecule has 20 heavy (non-hydrogen) atoms. The Morgan fingerprint density at radius 1 is 1.40 bits per heavy atom. The van der Waals surface area contributed by atoms with Crippen molar-refractivity contribution in [1.82, 2.24) is 30.0 Å². The lowest BCUT2D eigenvalue weighted by molar-refractivity contribution is 0.496. The van der Waals surface area contributed by atoms with Gasteiger partial charge in [-0.05, 0) is 20.3 Å². The molecule has 0 fully saturated rings. The minimum Gasteiger partial charge on any atom is -0.272 e. The van der Waals surface area contributed by atoms with Gasteiger partial charge in [-0.1, -0.05) is 6.92 Å². The molecular formula is C13H23N7. The number of aryl methyl sites for hydroxylation is 3. The van der Waals surface area contributed by atoms with Crippen LogP contribution >= 0.6 is 0 Å². The highest BCUT2D eigenvalue weighted by Gasteiger charge is 2.21. The quantitative estimate of drug-likeness (QED) is 0.602. The topological polar surface area (TPSA) is 86.6 Å². The Morgan fingerprint density at radius 3 is 2.70 bits per heavy atom. The molecular weight excluding hydrogens is 254 g/mol. The summed E-state index contributed by atoms with van der Waals surface area (Å²) in [5.74, 6) is 6.69. The lowest BCUT2D eigenvalue weighted by Crippen LogP contribution is -2.31. The van der Waals surface area contributed by atoms with Gasteiger partial charge >= 0.3 is 0 Å². The van der Waals surface area contributed by atoms with Crippen LogP contribution in [0, 0.1) is 13.8 Å². The van der Waals surface area contributed by atoms with Gasteiger partial charge in [0.1, 0.15) is 12.2 Å². The second-order valence-corrected chi connectivity index (χ2v) is 5.03. The fourth-order valence-electron chi connectivity index (χ4n) is 2.57. The summed E-state index contributed by atoms with van der Waals surface area (Å²) in [6.45, 7) is 7.05. The summed E-state index contributed by atoms with van der Waals surface area (Å²) in [4.78, 5) is 4.34. The molecule has 0 saturated heterocycles. The maximum atomic E-state index is 5.75. The molecule has 7 nitrogen and oxygen atoms in total. The summed E-state index contributed by atoms with van der Waals surface area (Å²) in [5.41, 5.74) is 6.14. The Hall–Kier alpha value is -1.73. The summed E-state index contributed by atoms with van der Waals surface area (Å²) >= 11 is 0. The number of nitrogens with one attached hydrogen (secondary N) is 1. The molecule has 0 spiro atoms. The Balaban J connectivity index is 2.27. The Bertz CT molecular complexity index is 569. The SMILES string of the molecule is CCCn1ncnc1CC(NN)c1c(C)nn(C)c1C. The van der Waals surface area contributed by atoms with Crippen molar-refractivity contribution in [3.05, 3.63) is 29.1 Å². The maximum absolute atomic E-state index is 5.75. The standard InChI is InChI=1S/C13H23N7/c1-5-6-20-12(15-8-16-20)7-11(17-14)13-9(2)18-19(4)10(13)3/h8,11,17H,5-7,14H2,1-4H3. The first-order valence-electron chi connectivity index (χ1n) is 6.91. The van der Waals surface area contributed by atoms with Crippen LogP contribution in [0.25, 0.3) is 0 Å². The predicted octanol–water partition coefficient (Wildman–Crippen LogP) is 0.786. The largest absolute Gasteiger partial charge is 0.272 e. The van der Waals surface area contributed by atoms with Crippen molar-refractivity contribution in [2.45, 2.75) is 46.2 Å². The average Bonchev–Trinajstić information content (AvgIpc) is 2.94. The Kier molecular flexibility index (Phi) is 4.51. The van der Waals surface area contributed by atoms with E-state index in [0.717, 1.165) is 35.7 Å². The highest BCUT2D eigenvalue weighted by atomic mass is 15.3. The van der Waals surface area contributed by atoms with Crippen molar-refractivity contribution < 1.29 is 0 Å². The van der Waals surface area contributed by atoms with Crippen molar-refractivity contribution in [3.8, 4) is 0 Å². The van der Waals surface area contributed by atoms with Gasteiger partial charge < -0.3 is 0 Å². The molecule has 0 bridgehead atoms. The minimum absolute atomic E-state index is 0.0106. The van der Waals surface area contributed by atoms with Crippen molar-refractivity contribution in [2.24, 2.45) is 12.9 Å². The van der Waals surface area contributed by atoms with Crippen molar-refractivity contribution in [1.29, 1.82) is 0 Å². The molecule has 1 atom stereocenters. The molecule has 2 aromatic heterocycles. The van der Waals surface area contributed by atoms with Crippen molar-refractivity contribution >= 4 is 0 Å². The molecule has 3 N–H and O–H groups in total. The molecule has 110 valence electrons. The molecule has 0 radical (unpaired) electrons. The van der Waals surface area contributed by atoms with E-state index < -0.39 is 0 Å². The maximum Gasteiger partial charge on any atom is 0.138 e. The second kappa shape index (κ2) is 6.15. The molecule has 2 aromatic rings. The summed E-state index contributed by atoms with van der Waals surface area (Å²) in [5, 5.41) is 8.70. The minimum atomic E-state index is -0.0106. The fraction of sp³-hybridized carbons (Fsp3) is 0.615. The van der Waals surface area contributed by atoms with Crippen LogP contribution < -0.4 is 11.3 Å².